The first-order chi connectivity index (χ1) is 15.1. The van der Waals surface area contributed by atoms with Crippen LogP contribution >= 0.6 is 0 Å². The molecule has 0 spiro atoms. The number of hydrogen-bond donors (Lipinski definition) is 3. The number of nitrogens with zero attached hydrogens (tertiary/aromatic N) is 3. The molecule has 1 fully saturated rings. The number of aromatic nitrogens is 1. The molecule has 170 valence electrons. The van der Waals surface area contributed by atoms with Crippen LogP contribution in [0.1, 0.15) is 38.0 Å². The number of guanidine groups is 1. The Morgan fingerprint density at radius 2 is 2.03 bits per heavy atom. The quantitative estimate of drug-likeness (QED) is 0.288. The first-order valence-corrected chi connectivity index (χ1v) is 12.3. The van der Waals surface area contributed by atoms with Crippen LogP contribution < -0.4 is 15.4 Å². The van der Waals surface area contributed by atoms with E-state index in [0.29, 0.717) is 25.6 Å². The number of aliphatic imine (C=N–C) groups is 1. The van der Waals surface area contributed by atoms with Crippen molar-refractivity contribution in [2.45, 2.75) is 37.1 Å². The Morgan fingerprint density at radius 3 is 2.71 bits per heavy atom. The Balaban J connectivity index is 1.56. The van der Waals surface area contributed by atoms with Gasteiger partial charge in [-0.25, -0.2) is 13.1 Å². The van der Waals surface area contributed by atoms with Gasteiger partial charge in [0, 0.05) is 32.0 Å². The second-order valence-corrected chi connectivity index (χ2v) is 9.13. The van der Waals surface area contributed by atoms with E-state index in [9.17, 15) is 8.42 Å². The molecular formula is C21H32N6O3S. The molecule has 0 saturated carbocycles. The minimum absolute atomic E-state index is 0.0924. The zero-order valence-corrected chi connectivity index (χ0v) is 18.8. The number of rotatable bonds is 10. The fourth-order valence-corrected chi connectivity index (χ4v) is 4.57. The van der Waals surface area contributed by atoms with Crippen LogP contribution in [0.3, 0.4) is 0 Å². The second kappa shape index (κ2) is 11.8. The predicted molar refractivity (Wildman–Crippen MR) is 120 cm³/mol. The molecule has 1 atom stereocenters. The number of nitrogens with one attached hydrogen (secondary N) is 3. The zero-order chi connectivity index (χ0) is 21.9. The van der Waals surface area contributed by atoms with Gasteiger partial charge in [0.1, 0.15) is 10.7 Å². The number of sulfonamides is 1. The van der Waals surface area contributed by atoms with Crippen LogP contribution in [-0.4, -0.2) is 63.5 Å². The summed E-state index contributed by atoms with van der Waals surface area (Å²) >= 11 is 0. The molecule has 31 heavy (non-hydrogen) atoms. The molecule has 1 unspecified atom stereocenters. The van der Waals surface area contributed by atoms with E-state index < -0.39 is 10.0 Å². The molecule has 3 N–H and O–H groups in total. The highest BCUT2D eigenvalue weighted by Crippen LogP contribution is 2.25. The van der Waals surface area contributed by atoms with Gasteiger partial charge < -0.3 is 15.1 Å². The van der Waals surface area contributed by atoms with Crippen molar-refractivity contribution in [2.24, 2.45) is 4.99 Å². The average molecular weight is 449 g/mol. The smallest absolute Gasteiger partial charge is 0.242 e. The Morgan fingerprint density at radius 1 is 1.19 bits per heavy atom. The molecule has 1 saturated heterocycles. The Bertz CT molecular complexity index is 896. The average Bonchev–Trinajstić information content (AvgIpc) is 3.33. The largest absolute Gasteiger partial charge is 0.468 e. The molecule has 0 aromatic carbocycles. The highest BCUT2D eigenvalue weighted by Gasteiger charge is 2.24. The second-order valence-electron chi connectivity index (χ2n) is 7.36. The van der Waals surface area contributed by atoms with Crippen molar-refractivity contribution in [1.82, 2.24) is 25.2 Å². The number of furan rings is 1. The number of hydrogen-bond acceptors (Lipinski definition) is 6. The van der Waals surface area contributed by atoms with Crippen LogP contribution in [0.25, 0.3) is 0 Å². The highest BCUT2D eigenvalue weighted by atomic mass is 32.2. The van der Waals surface area contributed by atoms with Gasteiger partial charge in [-0.15, -0.1) is 0 Å². The van der Waals surface area contributed by atoms with E-state index in [1.54, 1.807) is 18.5 Å². The maximum atomic E-state index is 12.3. The lowest BCUT2D eigenvalue weighted by atomic mass is 10.1. The van der Waals surface area contributed by atoms with Crippen LogP contribution in [0.15, 0.2) is 57.2 Å². The van der Waals surface area contributed by atoms with E-state index in [2.05, 4.69) is 25.2 Å². The van der Waals surface area contributed by atoms with Crippen molar-refractivity contribution < 1.29 is 12.8 Å². The highest BCUT2D eigenvalue weighted by molar-refractivity contribution is 7.89. The van der Waals surface area contributed by atoms with Crippen LogP contribution in [-0.2, 0) is 10.0 Å². The third kappa shape index (κ3) is 7.05. The maximum Gasteiger partial charge on any atom is 0.242 e. The summed E-state index contributed by atoms with van der Waals surface area (Å²) in [6.45, 7) is 5.99. The van der Waals surface area contributed by atoms with Gasteiger partial charge >= 0.3 is 0 Å². The topological polar surface area (TPSA) is 112 Å². The molecule has 9 nitrogen and oxygen atoms in total. The molecule has 1 aliphatic heterocycles. The third-order valence-corrected chi connectivity index (χ3v) is 6.57. The van der Waals surface area contributed by atoms with Gasteiger partial charge in [-0.3, -0.25) is 14.9 Å². The summed E-state index contributed by atoms with van der Waals surface area (Å²) in [6, 6.07) is 7.12. The summed E-state index contributed by atoms with van der Waals surface area (Å²) in [7, 11) is -3.57. The SMILES string of the molecule is CCNC(=NCC(c1ccco1)N1CCCCC1)NCCNS(=O)(=O)c1cccnc1. The fourth-order valence-electron chi connectivity index (χ4n) is 3.57. The summed E-state index contributed by atoms with van der Waals surface area (Å²) < 4.78 is 32.8. The summed E-state index contributed by atoms with van der Waals surface area (Å²) in [4.78, 5) is 11.2. The lowest BCUT2D eigenvalue weighted by molar-refractivity contribution is 0.150. The van der Waals surface area contributed by atoms with Crippen molar-refractivity contribution in [3.05, 3.63) is 48.7 Å². The molecular weight excluding hydrogens is 416 g/mol. The van der Waals surface area contributed by atoms with Crippen LogP contribution in [0, 0.1) is 0 Å². The molecule has 0 aliphatic carbocycles. The molecule has 0 amide bonds. The molecule has 2 aromatic heterocycles. The molecule has 2 aromatic rings. The number of likely N-dealkylation sites (tertiary alicyclic amines) is 1. The number of pyridine rings is 1. The van der Waals surface area contributed by atoms with Crippen LogP contribution in [0.4, 0.5) is 0 Å². The van der Waals surface area contributed by atoms with E-state index in [1.165, 1.54) is 31.5 Å². The summed E-state index contributed by atoms with van der Waals surface area (Å²) in [6.07, 6.45) is 8.22. The molecule has 0 radical (unpaired) electrons. The molecule has 0 bridgehead atoms. The third-order valence-electron chi connectivity index (χ3n) is 5.12. The van der Waals surface area contributed by atoms with Gasteiger partial charge in [-0.05, 0) is 57.1 Å². The predicted octanol–water partition coefficient (Wildman–Crippen LogP) is 1.74. The van der Waals surface area contributed by atoms with E-state index in [4.69, 9.17) is 9.41 Å². The van der Waals surface area contributed by atoms with Gasteiger partial charge in [0.25, 0.3) is 0 Å². The van der Waals surface area contributed by atoms with Crippen molar-refractivity contribution in [3.8, 4) is 0 Å². The lowest BCUT2D eigenvalue weighted by Crippen LogP contribution is -2.42. The van der Waals surface area contributed by atoms with Gasteiger partial charge in [-0.2, -0.15) is 0 Å². The van der Waals surface area contributed by atoms with Gasteiger partial charge in [-0.1, -0.05) is 6.42 Å². The standard InChI is InChI=1S/C21H32N6O3S/c1-2-23-21(24-11-12-26-31(28,29)18-8-6-10-22-16-18)25-17-19(20-9-7-15-30-20)27-13-4-3-5-14-27/h6-10,15-16,19,26H,2-5,11-14,17H2,1H3,(H2,23,24,25). The monoisotopic (exact) mass is 448 g/mol. The minimum Gasteiger partial charge on any atom is -0.468 e. The van der Waals surface area contributed by atoms with E-state index in [1.807, 2.05) is 19.1 Å². The van der Waals surface area contributed by atoms with E-state index in [0.717, 1.165) is 18.8 Å². The maximum absolute atomic E-state index is 12.3. The van der Waals surface area contributed by atoms with Gasteiger partial charge in [0.05, 0.1) is 18.8 Å². The van der Waals surface area contributed by atoms with Crippen molar-refractivity contribution in [1.29, 1.82) is 0 Å². The van der Waals surface area contributed by atoms with Gasteiger partial charge in [0.2, 0.25) is 10.0 Å². The van der Waals surface area contributed by atoms with Crippen LogP contribution in [0.5, 0.6) is 0 Å². The zero-order valence-electron chi connectivity index (χ0n) is 18.0. The first kappa shape index (κ1) is 23.2. The van der Waals surface area contributed by atoms with Crippen molar-refractivity contribution in [3.63, 3.8) is 0 Å². The lowest BCUT2D eigenvalue weighted by Gasteiger charge is -2.32. The normalized spacial score (nSPS) is 16.7. The molecule has 3 rings (SSSR count). The molecule has 1 aliphatic rings. The van der Waals surface area contributed by atoms with E-state index in [-0.39, 0.29) is 17.5 Å². The summed E-state index contributed by atoms with van der Waals surface area (Å²) in [5.41, 5.74) is 0. The molecule has 3 heterocycles. The number of piperidine rings is 1. The fraction of sp³-hybridized carbons (Fsp3) is 0.524. The summed E-state index contributed by atoms with van der Waals surface area (Å²) in [5, 5.41) is 6.41. The van der Waals surface area contributed by atoms with Crippen molar-refractivity contribution >= 4 is 16.0 Å². The van der Waals surface area contributed by atoms with Crippen LogP contribution in [0.2, 0.25) is 0 Å². The first-order valence-electron chi connectivity index (χ1n) is 10.8. The van der Waals surface area contributed by atoms with E-state index >= 15 is 0 Å². The van der Waals surface area contributed by atoms with Crippen molar-refractivity contribution in [2.75, 3.05) is 39.3 Å². The minimum atomic E-state index is -3.57. The Labute approximate surface area is 184 Å². The summed E-state index contributed by atoms with van der Waals surface area (Å²) in [5.74, 6) is 1.57. The molecule has 10 heteroatoms. The Kier molecular flexibility index (Phi) is 8.86. The van der Waals surface area contributed by atoms with Gasteiger partial charge in [0.15, 0.2) is 5.96 Å². The Hall–Kier alpha value is -2.43.